The summed E-state index contributed by atoms with van der Waals surface area (Å²) in [5.74, 6) is -0.669. The molecular formula is C14H22ClFN2O2S. The quantitative estimate of drug-likeness (QED) is 0.897. The zero-order chi connectivity index (χ0) is 14.8. The number of rotatable bonds is 5. The van der Waals surface area contributed by atoms with E-state index < -0.39 is 15.8 Å². The minimum atomic E-state index is -3.79. The van der Waals surface area contributed by atoms with Gasteiger partial charge in [0.05, 0.1) is 0 Å². The van der Waals surface area contributed by atoms with Crippen molar-refractivity contribution in [2.75, 3.05) is 19.6 Å². The van der Waals surface area contributed by atoms with Crippen molar-refractivity contribution in [1.82, 2.24) is 9.62 Å². The van der Waals surface area contributed by atoms with Gasteiger partial charge < -0.3 is 5.32 Å². The molecule has 0 aliphatic carbocycles. The van der Waals surface area contributed by atoms with Crippen LogP contribution >= 0.6 is 12.4 Å². The van der Waals surface area contributed by atoms with Gasteiger partial charge in [0.1, 0.15) is 10.7 Å². The second-order valence-electron chi connectivity index (χ2n) is 5.15. The zero-order valence-electron chi connectivity index (χ0n) is 12.3. The minimum Gasteiger partial charge on any atom is -0.315 e. The van der Waals surface area contributed by atoms with Gasteiger partial charge in [-0.2, -0.15) is 4.31 Å². The first-order valence-corrected chi connectivity index (χ1v) is 8.40. The van der Waals surface area contributed by atoms with Crippen LogP contribution in [0.15, 0.2) is 23.1 Å². The maximum atomic E-state index is 14.0. The molecule has 1 aliphatic rings. The van der Waals surface area contributed by atoms with E-state index in [1.165, 1.54) is 16.4 Å². The van der Waals surface area contributed by atoms with Gasteiger partial charge in [-0.15, -0.1) is 12.4 Å². The fourth-order valence-electron chi connectivity index (χ4n) is 2.67. The fourth-order valence-corrected chi connectivity index (χ4v) is 4.68. The second kappa shape index (κ2) is 7.54. The Morgan fingerprint density at radius 1 is 1.43 bits per heavy atom. The summed E-state index contributed by atoms with van der Waals surface area (Å²) in [7, 11) is -3.79. The number of aryl methyl sites for hydroxylation is 1. The molecule has 0 aromatic heterocycles. The van der Waals surface area contributed by atoms with E-state index in [2.05, 4.69) is 5.32 Å². The minimum absolute atomic E-state index is 0. The van der Waals surface area contributed by atoms with Gasteiger partial charge >= 0.3 is 0 Å². The standard InChI is InChI=1S/C14H21FN2O2S.ClH/c1-3-9-17(12-7-8-16-10-12)20(18,19)14-11(2)5-4-6-13(14)15;/h4-6,12,16H,3,7-10H2,1-2H3;1H. The molecule has 1 saturated heterocycles. The summed E-state index contributed by atoms with van der Waals surface area (Å²) >= 11 is 0. The van der Waals surface area contributed by atoms with E-state index in [-0.39, 0.29) is 23.3 Å². The van der Waals surface area contributed by atoms with Crippen LogP contribution in [0.1, 0.15) is 25.3 Å². The molecule has 0 amide bonds. The zero-order valence-corrected chi connectivity index (χ0v) is 13.9. The number of hydrogen-bond donors (Lipinski definition) is 1. The summed E-state index contributed by atoms with van der Waals surface area (Å²) in [6, 6.07) is 4.29. The van der Waals surface area contributed by atoms with Gasteiger partial charge in [0.15, 0.2) is 0 Å². The van der Waals surface area contributed by atoms with Crippen molar-refractivity contribution >= 4 is 22.4 Å². The number of halogens is 2. The maximum absolute atomic E-state index is 14.0. The summed E-state index contributed by atoms with van der Waals surface area (Å²) in [5, 5.41) is 3.16. The van der Waals surface area contributed by atoms with Gasteiger partial charge in [0, 0.05) is 19.1 Å². The van der Waals surface area contributed by atoms with E-state index in [0.29, 0.717) is 25.1 Å². The predicted octanol–water partition coefficient (Wildman–Crippen LogP) is 2.32. The summed E-state index contributed by atoms with van der Waals surface area (Å²) in [6.45, 7) is 5.41. The van der Waals surface area contributed by atoms with E-state index in [0.717, 1.165) is 13.0 Å². The van der Waals surface area contributed by atoms with Gasteiger partial charge in [-0.05, 0) is 37.9 Å². The van der Waals surface area contributed by atoms with Gasteiger partial charge in [0.25, 0.3) is 0 Å². The first kappa shape index (κ1) is 18.4. The Hall–Kier alpha value is -0.690. The average Bonchev–Trinajstić information content (AvgIpc) is 2.88. The van der Waals surface area contributed by atoms with Crippen LogP contribution in [0.3, 0.4) is 0 Å². The Bertz CT molecular complexity index is 554. The van der Waals surface area contributed by atoms with Crippen LogP contribution in [0.4, 0.5) is 4.39 Å². The largest absolute Gasteiger partial charge is 0.315 e. The molecule has 0 spiro atoms. The molecule has 1 aliphatic heterocycles. The monoisotopic (exact) mass is 336 g/mol. The lowest BCUT2D eigenvalue weighted by Gasteiger charge is -2.28. The Morgan fingerprint density at radius 3 is 2.67 bits per heavy atom. The third-order valence-corrected chi connectivity index (χ3v) is 5.75. The molecular weight excluding hydrogens is 315 g/mol. The van der Waals surface area contributed by atoms with Crippen molar-refractivity contribution < 1.29 is 12.8 Å². The molecule has 0 saturated carbocycles. The molecule has 0 bridgehead atoms. The van der Waals surface area contributed by atoms with Crippen LogP contribution < -0.4 is 5.32 Å². The van der Waals surface area contributed by atoms with Crippen molar-refractivity contribution in [3.8, 4) is 0 Å². The van der Waals surface area contributed by atoms with E-state index in [1.54, 1.807) is 13.0 Å². The Morgan fingerprint density at radius 2 is 2.14 bits per heavy atom. The van der Waals surface area contributed by atoms with E-state index in [1.807, 2.05) is 6.92 Å². The van der Waals surface area contributed by atoms with Crippen molar-refractivity contribution in [3.63, 3.8) is 0 Å². The van der Waals surface area contributed by atoms with Gasteiger partial charge in [0.2, 0.25) is 10.0 Å². The molecule has 120 valence electrons. The molecule has 7 heteroatoms. The van der Waals surface area contributed by atoms with E-state index in [4.69, 9.17) is 0 Å². The van der Waals surface area contributed by atoms with Crippen molar-refractivity contribution in [2.24, 2.45) is 0 Å². The number of hydrogen-bond acceptors (Lipinski definition) is 3. The van der Waals surface area contributed by atoms with Crippen molar-refractivity contribution in [1.29, 1.82) is 0 Å². The smallest absolute Gasteiger partial charge is 0.246 e. The lowest BCUT2D eigenvalue weighted by atomic mass is 10.2. The summed E-state index contributed by atoms with van der Waals surface area (Å²) in [4.78, 5) is -0.180. The van der Waals surface area contributed by atoms with Crippen molar-refractivity contribution in [2.45, 2.75) is 37.6 Å². The second-order valence-corrected chi connectivity index (χ2v) is 6.98. The van der Waals surface area contributed by atoms with Crippen LogP contribution in [0, 0.1) is 12.7 Å². The van der Waals surface area contributed by atoms with E-state index >= 15 is 0 Å². The van der Waals surface area contributed by atoms with Gasteiger partial charge in [-0.1, -0.05) is 19.1 Å². The number of benzene rings is 1. The van der Waals surface area contributed by atoms with Crippen molar-refractivity contribution in [3.05, 3.63) is 29.6 Å². The normalized spacial score (nSPS) is 18.8. The lowest BCUT2D eigenvalue weighted by molar-refractivity contribution is 0.333. The molecule has 1 aromatic rings. The highest BCUT2D eigenvalue weighted by atomic mass is 35.5. The van der Waals surface area contributed by atoms with Gasteiger partial charge in [-0.25, -0.2) is 12.8 Å². The molecule has 1 atom stereocenters. The molecule has 1 unspecified atom stereocenters. The molecule has 1 N–H and O–H groups in total. The highest BCUT2D eigenvalue weighted by Crippen LogP contribution is 2.26. The summed E-state index contributed by atoms with van der Waals surface area (Å²) in [6.07, 6.45) is 1.48. The predicted molar refractivity (Wildman–Crippen MR) is 83.8 cm³/mol. The summed E-state index contributed by atoms with van der Waals surface area (Å²) < 4.78 is 41.1. The summed E-state index contributed by atoms with van der Waals surface area (Å²) in [5.41, 5.74) is 0.456. The third kappa shape index (κ3) is 3.74. The highest BCUT2D eigenvalue weighted by Gasteiger charge is 2.35. The van der Waals surface area contributed by atoms with Crippen LogP contribution in [0.2, 0.25) is 0 Å². The van der Waals surface area contributed by atoms with Gasteiger partial charge in [-0.3, -0.25) is 0 Å². The molecule has 21 heavy (non-hydrogen) atoms. The first-order chi connectivity index (χ1) is 9.48. The van der Waals surface area contributed by atoms with Crippen LogP contribution in [0.5, 0.6) is 0 Å². The van der Waals surface area contributed by atoms with Crippen LogP contribution in [-0.2, 0) is 10.0 Å². The molecule has 1 fully saturated rings. The first-order valence-electron chi connectivity index (χ1n) is 6.96. The number of sulfonamides is 1. The Balaban J connectivity index is 0.00000220. The molecule has 4 nitrogen and oxygen atoms in total. The van der Waals surface area contributed by atoms with E-state index in [9.17, 15) is 12.8 Å². The Labute approximate surface area is 132 Å². The lowest BCUT2D eigenvalue weighted by Crippen LogP contribution is -2.42. The average molecular weight is 337 g/mol. The van der Waals surface area contributed by atoms with Crippen LogP contribution in [0.25, 0.3) is 0 Å². The maximum Gasteiger partial charge on any atom is 0.246 e. The molecule has 2 rings (SSSR count). The number of nitrogens with zero attached hydrogens (tertiary/aromatic N) is 1. The molecule has 0 radical (unpaired) electrons. The topological polar surface area (TPSA) is 49.4 Å². The highest BCUT2D eigenvalue weighted by molar-refractivity contribution is 7.89. The molecule has 1 heterocycles. The fraction of sp³-hybridized carbons (Fsp3) is 0.571. The van der Waals surface area contributed by atoms with Crippen LogP contribution in [-0.4, -0.2) is 38.4 Å². The molecule has 1 aromatic carbocycles. The Kier molecular flexibility index (Phi) is 6.59. The number of nitrogens with one attached hydrogen (secondary N) is 1. The third-order valence-electron chi connectivity index (χ3n) is 3.62. The SMILES string of the molecule is CCCN(C1CCNC1)S(=O)(=O)c1c(C)cccc1F.Cl.